The fourth-order valence-corrected chi connectivity index (χ4v) is 3.56. The van der Waals surface area contributed by atoms with E-state index in [0.29, 0.717) is 12.0 Å². The number of aliphatic imine (C=N–C) groups is 1. The third-order valence-corrected chi connectivity index (χ3v) is 5.31. The average molecular weight is 468 g/mol. The molecule has 0 radical (unpaired) electrons. The van der Waals surface area contributed by atoms with Gasteiger partial charge in [-0.15, -0.1) is 24.0 Å². The molecule has 0 aliphatic heterocycles. The quantitative estimate of drug-likeness (QED) is 0.387. The first-order valence-electron chi connectivity index (χ1n) is 9.12. The zero-order valence-corrected chi connectivity index (χ0v) is 17.9. The summed E-state index contributed by atoms with van der Waals surface area (Å²) < 4.78 is 1.90. The molecule has 0 unspecified atom stereocenters. The van der Waals surface area contributed by atoms with Gasteiger partial charge in [0.2, 0.25) is 0 Å². The van der Waals surface area contributed by atoms with Gasteiger partial charge in [0.05, 0.1) is 0 Å². The molecule has 0 bridgehead atoms. The summed E-state index contributed by atoms with van der Waals surface area (Å²) in [4.78, 5) is 12.8. The summed E-state index contributed by atoms with van der Waals surface area (Å²) in [7, 11) is 1.83. The normalized spacial score (nSPS) is 16.2. The zero-order valence-electron chi connectivity index (χ0n) is 15.6. The minimum atomic E-state index is 0. The molecule has 2 aromatic heterocycles. The molecule has 0 saturated heterocycles. The molecule has 0 amide bonds. The molecule has 1 saturated carbocycles. The molecule has 1 aliphatic rings. The molecule has 0 atom stereocenters. The van der Waals surface area contributed by atoms with E-state index in [1.165, 1.54) is 32.1 Å². The van der Waals surface area contributed by atoms with Gasteiger partial charge in [0, 0.05) is 38.7 Å². The molecule has 142 valence electrons. The van der Waals surface area contributed by atoms with Gasteiger partial charge in [0.15, 0.2) is 5.96 Å². The first-order chi connectivity index (χ1) is 12.2. The molecule has 26 heavy (non-hydrogen) atoms. The Morgan fingerprint density at radius 3 is 2.73 bits per heavy atom. The van der Waals surface area contributed by atoms with Crippen LogP contribution < -0.4 is 10.6 Å². The van der Waals surface area contributed by atoms with Crippen LogP contribution in [0.3, 0.4) is 0 Å². The van der Waals surface area contributed by atoms with Crippen molar-refractivity contribution in [2.75, 3.05) is 13.6 Å². The van der Waals surface area contributed by atoms with Gasteiger partial charge in [-0.1, -0.05) is 19.8 Å². The highest BCUT2D eigenvalue weighted by molar-refractivity contribution is 14.0. The number of hydrogen-bond donors (Lipinski definition) is 2. The van der Waals surface area contributed by atoms with Crippen LogP contribution in [0.25, 0.3) is 5.82 Å². The van der Waals surface area contributed by atoms with Crippen molar-refractivity contribution in [2.24, 2.45) is 10.4 Å². The Hall–Kier alpha value is -1.64. The standard InChI is InChI=1S/C19H28N6.HI/c1-3-19(7-4-5-8-19)14-24-18(20-2)23-13-16-6-9-22-17(12-16)25-11-10-21-15-25;/h6,9-12,15H,3-5,7-8,13-14H2,1-2H3,(H2,20,23,24);1H. The average Bonchev–Trinajstić information content (AvgIpc) is 3.35. The highest BCUT2D eigenvalue weighted by Gasteiger charge is 2.31. The molecule has 2 heterocycles. The van der Waals surface area contributed by atoms with Crippen molar-refractivity contribution in [1.29, 1.82) is 0 Å². The Morgan fingerprint density at radius 2 is 2.08 bits per heavy atom. The number of imidazole rings is 1. The minimum absolute atomic E-state index is 0. The van der Waals surface area contributed by atoms with E-state index >= 15 is 0 Å². The Bertz CT molecular complexity index is 692. The molecule has 1 aliphatic carbocycles. The van der Waals surface area contributed by atoms with Crippen LogP contribution in [0.5, 0.6) is 0 Å². The molecule has 2 aromatic rings. The second-order valence-corrected chi connectivity index (χ2v) is 6.83. The molecule has 7 heteroatoms. The minimum Gasteiger partial charge on any atom is -0.356 e. The maximum Gasteiger partial charge on any atom is 0.191 e. The largest absolute Gasteiger partial charge is 0.356 e. The van der Waals surface area contributed by atoms with Crippen LogP contribution in [0.2, 0.25) is 0 Å². The molecular weight excluding hydrogens is 439 g/mol. The molecule has 0 spiro atoms. The van der Waals surface area contributed by atoms with E-state index in [9.17, 15) is 0 Å². The number of nitrogens with one attached hydrogen (secondary N) is 2. The van der Waals surface area contributed by atoms with Gasteiger partial charge < -0.3 is 10.6 Å². The van der Waals surface area contributed by atoms with Crippen molar-refractivity contribution in [3.05, 3.63) is 42.6 Å². The van der Waals surface area contributed by atoms with Crippen LogP contribution in [-0.4, -0.2) is 34.1 Å². The van der Waals surface area contributed by atoms with Crippen LogP contribution in [0, 0.1) is 5.41 Å². The first kappa shape index (κ1) is 20.7. The van der Waals surface area contributed by atoms with Crippen LogP contribution in [0.4, 0.5) is 0 Å². The predicted octanol–water partition coefficient (Wildman–Crippen LogP) is 3.52. The van der Waals surface area contributed by atoms with Gasteiger partial charge >= 0.3 is 0 Å². The molecule has 1 fully saturated rings. The van der Waals surface area contributed by atoms with E-state index in [4.69, 9.17) is 0 Å². The first-order valence-corrected chi connectivity index (χ1v) is 9.12. The third kappa shape index (κ3) is 5.18. The van der Waals surface area contributed by atoms with Crippen molar-refractivity contribution < 1.29 is 0 Å². The Balaban J connectivity index is 0.00000243. The van der Waals surface area contributed by atoms with E-state index in [-0.39, 0.29) is 24.0 Å². The molecule has 2 N–H and O–H groups in total. The van der Waals surface area contributed by atoms with E-state index in [1.54, 1.807) is 12.5 Å². The fourth-order valence-electron chi connectivity index (χ4n) is 3.56. The van der Waals surface area contributed by atoms with Gasteiger partial charge in [-0.25, -0.2) is 9.97 Å². The number of hydrogen-bond acceptors (Lipinski definition) is 3. The van der Waals surface area contributed by atoms with Crippen molar-refractivity contribution >= 4 is 29.9 Å². The predicted molar refractivity (Wildman–Crippen MR) is 116 cm³/mol. The number of pyridine rings is 1. The summed E-state index contributed by atoms with van der Waals surface area (Å²) in [6.45, 7) is 4.01. The molecule has 6 nitrogen and oxygen atoms in total. The van der Waals surface area contributed by atoms with Crippen molar-refractivity contribution in [3.8, 4) is 5.82 Å². The van der Waals surface area contributed by atoms with Crippen LogP contribution in [-0.2, 0) is 6.54 Å². The Kier molecular flexibility index (Phi) is 7.86. The topological polar surface area (TPSA) is 67.1 Å². The van der Waals surface area contributed by atoms with Gasteiger partial charge in [0.25, 0.3) is 0 Å². The fraction of sp³-hybridized carbons (Fsp3) is 0.526. The van der Waals surface area contributed by atoms with Crippen LogP contribution in [0.15, 0.2) is 42.0 Å². The lowest BCUT2D eigenvalue weighted by Crippen LogP contribution is -2.42. The number of rotatable bonds is 6. The molecule has 0 aromatic carbocycles. The SMILES string of the molecule is CCC1(CNC(=NC)NCc2ccnc(-n3ccnc3)c2)CCCC1.I. The summed E-state index contributed by atoms with van der Waals surface area (Å²) in [5.74, 6) is 1.73. The third-order valence-electron chi connectivity index (χ3n) is 5.31. The second-order valence-electron chi connectivity index (χ2n) is 6.83. The van der Waals surface area contributed by atoms with Gasteiger partial charge in [-0.05, 0) is 42.4 Å². The monoisotopic (exact) mass is 468 g/mol. The van der Waals surface area contributed by atoms with Crippen molar-refractivity contribution in [1.82, 2.24) is 25.2 Å². The number of halogens is 1. The number of guanidine groups is 1. The highest BCUT2D eigenvalue weighted by Crippen LogP contribution is 2.40. The number of aromatic nitrogens is 3. The summed E-state index contributed by atoms with van der Waals surface area (Å²) in [5, 5.41) is 6.93. The van der Waals surface area contributed by atoms with Gasteiger partial charge in [0.1, 0.15) is 12.1 Å². The number of nitrogens with zero attached hydrogens (tertiary/aromatic N) is 4. The summed E-state index contributed by atoms with van der Waals surface area (Å²) in [6, 6.07) is 4.08. The van der Waals surface area contributed by atoms with Gasteiger partial charge in [-0.2, -0.15) is 0 Å². The van der Waals surface area contributed by atoms with Gasteiger partial charge in [-0.3, -0.25) is 9.56 Å². The summed E-state index contributed by atoms with van der Waals surface area (Å²) in [6.07, 6.45) is 13.8. The molecule has 3 rings (SSSR count). The van der Waals surface area contributed by atoms with Crippen molar-refractivity contribution in [3.63, 3.8) is 0 Å². The maximum absolute atomic E-state index is 4.39. The van der Waals surface area contributed by atoms with Crippen LogP contribution in [0.1, 0.15) is 44.6 Å². The van der Waals surface area contributed by atoms with Crippen molar-refractivity contribution in [2.45, 2.75) is 45.6 Å². The second kappa shape index (κ2) is 9.89. The van der Waals surface area contributed by atoms with E-state index in [2.05, 4.69) is 38.6 Å². The lowest BCUT2D eigenvalue weighted by Gasteiger charge is -2.28. The summed E-state index contributed by atoms with van der Waals surface area (Å²) in [5.41, 5.74) is 1.61. The van der Waals surface area contributed by atoms with E-state index in [1.807, 2.05) is 30.1 Å². The van der Waals surface area contributed by atoms with E-state index in [0.717, 1.165) is 23.9 Å². The zero-order chi connectivity index (χ0) is 17.5. The Labute approximate surface area is 172 Å². The molecular formula is C19H29IN6. The smallest absolute Gasteiger partial charge is 0.191 e. The maximum atomic E-state index is 4.39. The lowest BCUT2D eigenvalue weighted by molar-refractivity contribution is 0.283. The highest BCUT2D eigenvalue weighted by atomic mass is 127. The van der Waals surface area contributed by atoms with E-state index < -0.39 is 0 Å². The summed E-state index contributed by atoms with van der Waals surface area (Å²) >= 11 is 0. The lowest BCUT2D eigenvalue weighted by atomic mass is 9.83. The Morgan fingerprint density at radius 1 is 1.27 bits per heavy atom. The van der Waals surface area contributed by atoms with Crippen LogP contribution >= 0.6 is 24.0 Å².